The van der Waals surface area contributed by atoms with Gasteiger partial charge in [-0.1, -0.05) is 48.5 Å². The number of imidazole rings is 1. The van der Waals surface area contributed by atoms with Crippen molar-refractivity contribution < 1.29 is 30.0 Å². The van der Waals surface area contributed by atoms with Crippen molar-refractivity contribution in [3.63, 3.8) is 0 Å². The van der Waals surface area contributed by atoms with Gasteiger partial charge in [-0.25, -0.2) is 4.98 Å². The van der Waals surface area contributed by atoms with Gasteiger partial charge in [-0.2, -0.15) is 0 Å². The zero-order valence-corrected chi connectivity index (χ0v) is 21.8. The van der Waals surface area contributed by atoms with Crippen LogP contribution in [0.1, 0.15) is 15.9 Å². The first-order valence-corrected chi connectivity index (χ1v) is 13.0. The van der Waals surface area contributed by atoms with Crippen LogP contribution in [0.3, 0.4) is 0 Å². The van der Waals surface area contributed by atoms with Crippen LogP contribution in [0.2, 0.25) is 0 Å². The number of rotatable bonds is 6. The standard InChI is InChI=1S/C30H30N4O6/c1-33-11-10-31-28(33)20-8-9-21-22(29(38)32-25-27(37)26(36)24(16-35)40-30(25)39)15-34(23(21)13-20)14-17-6-7-18-4-2-3-5-19(18)12-17/h2-13,15,24-27,30,35-37,39H,14,16H2,1H3,(H,32,38)/t24-,25-,26-,27?,30?/m1/s1. The van der Waals surface area contributed by atoms with Crippen molar-refractivity contribution >= 4 is 27.6 Å². The smallest absolute Gasteiger partial charge is 0.253 e. The highest BCUT2D eigenvalue weighted by Crippen LogP contribution is 2.29. The lowest BCUT2D eigenvalue weighted by Gasteiger charge is -2.40. The molecular weight excluding hydrogens is 512 g/mol. The molecule has 0 spiro atoms. The van der Waals surface area contributed by atoms with Gasteiger partial charge in [0, 0.05) is 48.6 Å². The van der Waals surface area contributed by atoms with E-state index in [4.69, 9.17) is 4.74 Å². The Morgan fingerprint density at radius 1 is 1.02 bits per heavy atom. The Bertz CT molecular complexity index is 1690. The molecule has 1 aliphatic rings. The van der Waals surface area contributed by atoms with Gasteiger partial charge in [-0.05, 0) is 28.5 Å². The molecule has 206 valence electrons. The Hall–Kier alpha value is -4.06. The zero-order chi connectivity index (χ0) is 28.0. The van der Waals surface area contributed by atoms with Crippen LogP contribution in [0.25, 0.3) is 33.1 Å². The summed E-state index contributed by atoms with van der Waals surface area (Å²) in [5, 5.41) is 46.1. The van der Waals surface area contributed by atoms with Crippen LogP contribution < -0.4 is 5.32 Å². The molecule has 40 heavy (non-hydrogen) atoms. The number of nitrogens with one attached hydrogen (secondary N) is 1. The molecule has 2 aromatic heterocycles. The Balaban J connectivity index is 1.38. The van der Waals surface area contributed by atoms with E-state index in [-0.39, 0.29) is 0 Å². The molecule has 6 rings (SSSR count). The number of carbonyl (C=O) groups excluding carboxylic acids is 1. The van der Waals surface area contributed by atoms with Crippen molar-refractivity contribution in [3.05, 3.63) is 90.4 Å². The number of amides is 1. The first-order chi connectivity index (χ1) is 19.3. The number of aryl methyl sites for hydroxylation is 1. The van der Waals surface area contributed by atoms with Gasteiger partial charge in [0.15, 0.2) is 6.29 Å². The largest absolute Gasteiger partial charge is 0.394 e. The second kappa shape index (κ2) is 10.5. The maximum Gasteiger partial charge on any atom is 0.253 e. The lowest BCUT2D eigenvalue weighted by molar-refractivity contribution is -0.252. The molecule has 0 saturated carbocycles. The molecular formula is C30H30N4O6. The lowest BCUT2D eigenvalue weighted by atomic mass is 9.96. The summed E-state index contributed by atoms with van der Waals surface area (Å²) in [4.78, 5) is 18.0. The van der Waals surface area contributed by atoms with E-state index < -0.39 is 43.2 Å². The summed E-state index contributed by atoms with van der Waals surface area (Å²) in [6.45, 7) is -0.0934. The van der Waals surface area contributed by atoms with Crippen molar-refractivity contribution in [2.75, 3.05) is 6.61 Å². The quantitative estimate of drug-likeness (QED) is 0.220. The first-order valence-electron chi connectivity index (χ1n) is 13.0. The molecule has 10 nitrogen and oxygen atoms in total. The number of ether oxygens (including phenoxy) is 1. The molecule has 0 bridgehead atoms. The molecule has 1 amide bonds. The number of hydrogen-bond donors (Lipinski definition) is 5. The normalized spacial score (nSPS) is 23.1. The van der Waals surface area contributed by atoms with E-state index in [1.807, 2.05) is 52.7 Å². The van der Waals surface area contributed by atoms with E-state index in [0.717, 1.165) is 33.2 Å². The van der Waals surface area contributed by atoms with Crippen molar-refractivity contribution in [2.45, 2.75) is 37.2 Å². The molecule has 3 aromatic carbocycles. The van der Waals surface area contributed by atoms with Gasteiger partial charge in [-0.15, -0.1) is 0 Å². The topological polar surface area (TPSA) is 142 Å². The number of benzene rings is 3. The molecule has 10 heteroatoms. The van der Waals surface area contributed by atoms with E-state index >= 15 is 0 Å². The van der Waals surface area contributed by atoms with Crippen LogP contribution >= 0.6 is 0 Å². The fourth-order valence-corrected chi connectivity index (χ4v) is 5.40. The predicted molar refractivity (Wildman–Crippen MR) is 148 cm³/mol. The molecule has 1 fully saturated rings. The van der Waals surface area contributed by atoms with Crippen molar-refractivity contribution in [3.8, 4) is 11.4 Å². The van der Waals surface area contributed by atoms with E-state index in [1.165, 1.54) is 0 Å². The van der Waals surface area contributed by atoms with E-state index in [1.54, 1.807) is 12.4 Å². The van der Waals surface area contributed by atoms with Crippen molar-refractivity contribution in [1.29, 1.82) is 0 Å². The molecule has 0 radical (unpaired) electrons. The fourth-order valence-electron chi connectivity index (χ4n) is 5.40. The van der Waals surface area contributed by atoms with Crippen LogP contribution in [0.4, 0.5) is 0 Å². The van der Waals surface area contributed by atoms with E-state index in [2.05, 4.69) is 40.6 Å². The van der Waals surface area contributed by atoms with Gasteiger partial charge in [-0.3, -0.25) is 4.79 Å². The van der Waals surface area contributed by atoms with Gasteiger partial charge in [0.1, 0.15) is 30.2 Å². The molecule has 3 heterocycles. The van der Waals surface area contributed by atoms with Gasteiger partial charge >= 0.3 is 0 Å². The van der Waals surface area contributed by atoms with Gasteiger partial charge in [0.05, 0.1) is 12.2 Å². The van der Waals surface area contributed by atoms with Gasteiger partial charge in [0.25, 0.3) is 5.91 Å². The monoisotopic (exact) mass is 542 g/mol. The minimum atomic E-state index is -1.61. The fraction of sp³-hybridized carbons (Fsp3) is 0.267. The summed E-state index contributed by atoms with van der Waals surface area (Å²) in [6.07, 6.45) is -0.450. The Morgan fingerprint density at radius 2 is 1.82 bits per heavy atom. The SMILES string of the molecule is Cn1ccnc1-c1ccc2c(C(=O)N[C@H]3C(O)O[C@H](CO)[C@@H](O)C3O)cn(Cc3ccc4ccccc4c3)c2c1. The molecule has 5 aromatic rings. The zero-order valence-electron chi connectivity index (χ0n) is 21.8. The number of hydrogen-bond acceptors (Lipinski definition) is 7. The molecule has 5 N–H and O–H groups in total. The van der Waals surface area contributed by atoms with Crippen molar-refractivity contribution in [1.82, 2.24) is 19.4 Å². The van der Waals surface area contributed by atoms with Gasteiger partial charge in [0.2, 0.25) is 0 Å². The molecule has 2 unspecified atom stereocenters. The Kier molecular flexibility index (Phi) is 6.87. The third-order valence-corrected chi connectivity index (χ3v) is 7.57. The number of fused-ring (bicyclic) bond motifs is 2. The Labute approximate surface area is 229 Å². The lowest BCUT2D eigenvalue weighted by Crippen LogP contribution is -2.64. The van der Waals surface area contributed by atoms with Crippen LogP contribution in [0.15, 0.2) is 79.3 Å². The summed E-state index contributed by atoms with van der Waals surface area (Å²) in [6, 6.07) is 18.8. The number of nitrogens with zero attached hydrogens (tertiary/aromatic N) is 3. The summed E-state index contributed by atoms with van der Waals surface area (Å²) in [7, 11) is 1.91. The van der Waals surface area contributed by atoms with Crippen LogP contribution in [-0.4, -0.2) is 77.7 Å². The molecule has 1 aliphatic heterocycles. The average Bonchev–Trinajstić information content (AvgIpc) is 3.55. The Morgan fingerprint density at radius 3 is 2.58 bits per heavy atom. The van der Waals surface area contributed by atoms with Crippen molar-refractivity contribution in [2.24, 2.45) is 7.05 Å². The van der Waals surface area contributed by atoms with Gasteiger partial charge < -0.3 is 39.6 Å². The van der Waals surface area contributed by atoms with Crippen LogP contribution in [-0.2, 0) is 18.3 Å². The third kappa shape index (κ3) is 4.66. The minimum Gasteiger partial charge on any atom is -0.394 e. The van der Waals surface area contributed by atoms with E-state index in [0.29, 0.717) is 17.5 Å². The molecule has 5 atom stereocenters. The number of aliphatic hydroxyl groups is 4. The highest BCUT2D eigenvalue weighted by Gasteiger charge is 2.44. The summed E-state index contributed by atoms with van der Waals surface area (Å²) >= 11 is 0. The maximum atomic E-state index is 13.5. The number of carbonyl (C=O) groups is 1. The van der Waals surface area contributed by atoms with Crippen LogP contribution in [0, 0.1) is 0 Å². The molecule has 0 aliphatic carbocycles. The highest BCUT2D eigenvalue weighted by atomic mass is 16.6. The third-order valence-electron chi connectivity index (χ3n) is 7.57. The predicted octanol–water partition coefficient (Wildman–Crippen LogP) is 1.77. The van der Waals surface area contributed by atoms with Crippen LogP contribution in [0.5, 0.6) is 0 Å². The number of aliphatic hydroxyl groups excluding tert-OH is 4. The summed E-state index contributed by atoms with van der Waals surface area (Å²) < 4.78 is 9.12. The minimum absolute atomic E-state index is 0.334. The maximum absolute atomic E-state index is 13.5. The average molecular weight is 543 g/mol. The summed E-state index contributed by atoms with van der Waals surface area (Å²) in [5.74, 6) is 0.234. The molecule has 1 saturated heterocycles. The number of aromatic nitrogens is 3. The van der Waals surface area contributed by atoms with E-state index in [9.17, 15) is 25.2 Å². The second-order valence-electron chi connectivity index (χ2n) is 10.2. The summed E-state index contributed by atoms with van der Waals surface area (Å²) in [5.41, 5.74) is 3.07. The second-order valence-corrected chi connectivity index (χ2v) is 10.2. The highest BCUT2D eigenvalue weighted by molar-refractivity contribution is 6.07. The first kappa shape index (κ1) is 26.2.